The maximum atomic E-state index is 4.06. The van der Waals surface area contributed by atoms with E-state index in [-0.39, 0.29) is 0 Å². The Labute approximate surface area is 257 Å². The van der Waals surface area contributed by atoms with Crippen molar-refractivity contribution in [2.24, 2.45) is 0 Å². The maximum Gasteiger partial charge on any atom is 0.0931 e. The summed E-state index contributed by atoms with van der Waals surface area (Å²) >= 11 is 0. The van der Waals surface area contributed by atoms with Crippen LogP contribution in [0.2, 0.25) is 0 Å². The van der Waals surface area contributed by atoms with Crippen molar-refractivity contribution in [2.45, 2.75) is 96.9 Å². The van der Waals surface area contributed by atoms with Crippen molar-refractivity contribution in [2.75, 3.05) is 0 Å². The van der Waals surface area contributed by atoms with Crippen molar-refractivity contribution in [1.82, 2.24) is 39.9 Å². The van der Waals surface area contributed by atoms with Crippen LogP contribution in [-0.4, -0.2) is 39.9 Å². The van der Waals surface area contributed by atoms with Gasteiger partial charge in [-0.3, -0.25) is 0 Å². The van der Waals surface area contributed by atoms with Crippen LogP contribution in [0.4, 0.5) is 0 Å². The van der Waals surface area contributed by atoms with E-state index in [1.807, 2.05) is 145 Å². The van der Waals surface area contributed by atoms with E-state index < -0.39 is 0 Å². The SMILES string of the molecule is CC.CC.CC.CC.CC.CC.CC.c1c[nH]cn1.c1c[nH]cn1.c1ccc2[nH]cnc2c1.c1ccc2[nH]cnc2c1. The zero-order valence-corrected chi connectivity index (χ0v) is 29.0. The van der Waals surface area contributed by atoms with Gasteiger partial charge in [-0.15, -0.1) is 0 Å². The number of aromatic amines is 4. The van der Waals surface area contributed by atoms with Crippen molar-refractivity contribution in [3.63, 3.8) is 0 Å². The highest BCUT2D eigenvalue weighted by atomic mass is 14.9. The zero-order chi connectivity index (χ0) is 33.3. The highest BCUT2D eigenvalue weighted by Crippen LogP contribution is 2.06. The predicted octanol–water partition coefficient (Wildman–Crippen LogP) is 11.1. The zero-order valence-electron chi connectivity index (χ0n) is 29.0. The second kappa shape index (κ2) is 46.6. The third-order valence-corrected chi connectivity index (χ3v) is 3.47. The highest BCUT2D eigenvalue weighted by Gasteiger charge is 1.89. The van der Waals surface area contributed by atoms with Crippen LogP contribution < -0.4 is 0 Å². The molecule has 2 aromatic carbocycles. The number of hydrogen-bond acceptors (Lipinski definition) is 4. The molecule has 6 rings (SSSR count). The molecule has 8 heteroatoms. The van der Waals surface area contributed by atoms with E-state index in [4.69, 9.17) is 0 Å². The fraction of sp³-hybridized carbons (Fsp3) is 0.412. The minimum Gasteiger partial charge on any atom is -0.351 e. The van der Waals surface area contributed by atoms with E-state index in [2.05, 4.69) is 39.9 Å². The van der Waals surface area contributed by atoms with E-state index in [9.17, 15) is 0 Å². The Morgan fingerprint density at radius 2 is 0.714 bits per heavy atom. The number of benzene rings is 2. The van der Waals surface area contributed by atoms with Gasteiger partial charge in [0.1, 0.15) is 0 Å². The summed E-state index contributed by atoms with van der Waals surface area (Å²) in [6.07, 6.45) is 13.6. The molecule has 4 N–H and O–H groups in total. The lowest BCUT2D eigenvalue weighted by Crippen LogP contribution is -1.63. The Morgan fingerprint density at radius 3 is 0.929 bits per heavy atom. The van der Waals surface area contributed by atoms with E-state index >= 15 is 0 Å². The number of nitrogens with one attached hydrogen (secondary N) is 4. The lowest BCUT2D eigenvalue weighted by Gasteiger charge is -1.81. The molecule has 42 heavy (non-hydrogen) atoms. The van der Waals surface area contributed by atoms with Crippen LogP contribution in [0.3, 0.4) is 0 Å². The van der Waals surface area contributed by atoms with Crippen molar-refractivity contribution in [3.8, 4) is 0 Å². The number of rotatable bonds is 0. The number of H-pyrrole nitrogens is 4. The summed E-state index contributed by atoms with van der Waals surface area (Å²) in [5.74, 6) is 0. The van der Waals surface area contributed by atoms with E-state index in [1.165, 1.54) is 0 Å². The molecule has 0 saturated heterocycles. The van der Waals surface area contributed by atoms with Crippen LogP contribution in [0.15, 0.2) is 98.6 Å². The number of aromatic nitrogens is 8. The number of hydrogen-bond donors (Lipinski definition) is 4. The van der Waals surface area contributed by atoms with Crippen LogP contribution in [0.25, 0.3) is 22.1 Å². The molecule has 0 bridgehead atoms. The number of fused-ring (bicyclic) bond motifs is 2. The van der Waals surface area contributed by atoms with Crippen LogP contribution >= 0.6 is 0 Å². The number of para-hydroxylation sites is 4. The van der Waals surface area contributed by atoms with Gasteiger partial charge in [-0.05, 0) is 24.3 Å². The average Bonchev–Trinajstić information content (AvgIpc) is 3.97. The molecular formula is C34H62N8. The molecule has 0 radical (unpaired) electrons. The molecule has 0 aliphatic heterocycles. The Morgan fingerprint density at radius 1 is 0.405 bits per heavy atom. The summed E-state index contributed by atoms with van der Waals surface area (Å²) in [5, 5.41) is 0. The molecule has 8 nitrogen and oxygen atoms in total. The molecule has 4 heterocycles. The molecular weight excluding hydrogens is 520 g/mol. The second-order valence-corrected chi connectivity index (χ2v) is 5.36. The Balaban J connectivity index is -0.000000130. The van der Waals surface area contributed by atoms with Crippen molar-refractivity contribution >= 4 is 22.1 Å². The summed E-state index contributed by atoms with van der Waals surface area (Å²) in [4.78, 5) is 27.0. The third-order valence-electron chi connectivity index (χ3n) is 3.47. The molecule has 0 saturated carbocycles. The van der Waals surface area contributed by atoms with Crippen LogP contribution in [0.5, 0.6) is 0 Å². The summed E-state index contributed by atoms with van der Waals surface area (Å²) < 4.78 is 0. The van der Waals surface area contributed by atoms with Gasteiger partial charge >= 0.3 is 0 Å². The number of nitrogens with zero attached hydrogens (tertiary/aromatic N) is 4. The molecule has 0 unspecified atom stereocenters. The molecule has 0 atom stereocenters. The molecule has 6 aromatic rings. The summed E-state index contributed by atoms with van der Waals surface area (Å²) in [6, 6.07) is 15.9. The van der Waals surface area contributed by atoms with Gasteiger partial charge in [-0.25, -0.2) is 19.9 Å². The first-order valence-corrected chi connectivity index (χ1v) is 15.5. The van der Waals surface area contributed by atoms with Crippen molar-refractivity contribution in [3.05, 3.63) is 98.6 Å². The lowest BCUT2D eigenvalue weighted by atomic mass is 10.3. The first kappa shape index (κ1) is 47.6. The van der Waals surface area contributed by atoms with E-state index in [1.54, 1.807) is 50.1 Å². The lowest BCUT2D eigenvalue weighted by molar-refractivity contribution is 1.31. The minimum absolute atomic E-state index is 1.03. The largest absolute Gasteiger partial charge is 0.351 e. The molecule has 0 aliphatic rings. The molecule has 0 aliphatic carbocycles. The third kappa shape index (κ3) is 27.4. The number of imidazole rings is 4. The predicted molar refractivity (Wildman–Crippen MR) is 189 cm³/mol. The fourth-order valence-corrected chi connectivity index (χ4v) is 2.19. The highest BCUT2D eigenvalue weighted by molar-refractivity contribution is 5.74. The molecule has 0 fully saturated rings. The molecule has 238 valence electrons. The van der Waals surface area contributed by atoms with Gasteiger partial charge in [0, 0.05) is 24.8 Å². The quantitative estimate of drug-likeness (QED) is 0.142. The monoisotopic (exact) mass is 583 g/mol. The molecule has 0 spiro atoms. The average molecular weight is 583 g/mol. The Kier molecular flexibility index (Phi) is 52.8. The van der Waals surface area contributed by atoms with Crippen molar-refractivity contribution in [1.29, 1.82) is 0 Å². The topological polar surface area (TPSA) is 115 Å². The minimum atomic E-state index is 1.03. The standard InChI is InChI=1S/2C7H6N2.2C3H4N2.7C2H6/c2*1-2-4-7-6(3-1)8-5-9-7;2*1-2-5-3-4-1;7*1-2/h2*1-5H,(H,8,9);2*1-3H,(H,4,5);7*1-2H3. The molecule has 0 amide bonds. The Bertz CT molecular complexity index is 942. The van der Waals surface area contributed by atoms with Gasteiger partial charge in [0.25, 0.3) is 0 Å². The van der Waals surface area contributed by atoms with Gasteiger partial charge in [0.2, 0.25) is 0 Å². The van der Waals surface area contributed by atoms with Gasteiger partial charge in [0.05, 0.1) is 47.4 Å². The van der Waals surface area contributed by atoms with E-state index in [0.29, 0.717) is 0 Å². The molecule has 4 aromatic heterocycles. The Hall–Kier alpha value is -4.20. The van der Waals surface area contributed by atoms with Crippen molar-refractivity contribution < 1.29 is 0 Å². The summed E-state index contributed by atoms with van der Waals surface area (Å²) in [6.45, 7) is 28.0. The van der Waals surface area contributed by atoms with E-state index in [0.717, 1.165) is 22.1 Å². The summed E-state index contributed by atoms with van der Waals surface area (Å²) in [7, 11) is 0. The van der Waals surface area contributed by atoms with Gasteiger partial charge < -0.3 is 19.9 Å². The maximum absolute atomic E-state index is 4.06. The van der Waals surface area contributed by atoms with Crippen LogP contribution in [0.1, 0.15) is 96.9 Å². The second-order valence-electron chi connectivity index (χ2n) is 5.36. The van der Waals surface area contributed by atoms with Gasteiger partial charge in [-0.2, -0.15) is 0 Å². The van der Waals surface area contributed by atoms with Crippen LogP contribution in [-0.2, 0) is 0 Å². The fourth-order valence-electron chi connectivity index (χ4n) is 2.19. The van der Waals surface area contributed by atoms with Crippen LogP contribution in [0, 0.1) is 0 Å². The summed E-state index contributed by atoms with van der Waals surface area (Å²) in [5.41, 5.74) is 4.24. The normalized spacial score (nSPS) is 7.29. The first-order chi connectivity index (χ1) is 20.9. The smallest absolute Gasteiger partial charge is 0.0931 e. The van der Waals surface area contributed by atoms with Gasteiger partial charge in [-0.1, -0.05) is 121 Å². The van der Waals surface area contributed by atoms with Gasteiger partial charge in [0.15, 0.2) is 0 Å². The first-order valence-electron chi connectivity index (χ1n) is 15.5.